The van der Waals surface area contributed by atoms with Gasteiger partial charge in [0.15, 0.2) is 0 Å². The fourth-order valence-electron chi connectivity index (χ4n) is 3.09. The molecule has 0 aliphatic carbocycles. The first-order valence-electron chi connectivity index (χ1n) is 9.76. The fraction of sp³-hybridized carbons (Fsp3) is 0.381. The molecule has 0 fully saturated rings. The summed E-state index contributed by atoms with van der Waals surface area (Å²) in [5.74, 6) is -3.57. The highest BCUT2D eigenvalue weighted by atomic mass is 32.1. The Morgan fingerprint density at radius 1 is 1.15 bits per heavy atom. The van der Waals surface area contributed by atoms with Crippen LogP contribution in [0.1, 0.15) is 45.8 Å². The summed E-state index contributed by atoms with van der Waals surface area (Å²) < 4.78 is 86.7. The number of rotatable bonds is 7. The molecule has 2 N–H and O–H groups in total. The Labute approximate surface area is 194 Å². The molecule has 0 bridgehead atoms. The van der Waals surface area contributed by atoms with Crippen molar-refractivity contribution in [3.63, 3.8) is 0 Å². The van der Waals surface area contributed by atoms with E-state index >= 15 is 0 Å². The number of carbonyl (C=O) groups excluding carboxylic acids is 2. The predicted octanol–water partition coefficient (Wildman–Crippen LogP) is 5.17. The van der Waals surface area contributed by atoms with E-state index in [1.807, 2.05) is 5.32 Å². The maximum atomic E-state index is 14.4. The number of nitriles is 1. The Bertz CT molecular complexity index is 1120. The van der Waals surface area contributed by atoms with Gasteiger partial charge < -0.3 is 15.4 Å². The monoisotopic (exact) mass is 507 g/mol. The van der Waals surface area contributed by atoms with Crippen LogP contribution in [-0.4, -0.2) is 30.3 Å². The molecule has 0 radical (unpaired) electrons. The molecule has 34 heavy (non-hydrogen) atoms. The molecule has 0 saturated carbocycles. The maximum Gasteiger partial charge on any atom is 0.441 e. The van der Waals surface area contributed by atoms with Crippen molar-refractivity contribution in [1.29, 1.82) is 5.26 Å². The zero-order valence-electron chi connectivity index (χ0n) is 18.1. The highest BCUT2D eigenvalue weighted by Crippen LogP contribution is 2.39. The molecule has 0 spiro atoms. The number of benzene rings is 1. The molecule has 0 aliphatic rings. The van der Waals surface area contributed by atoms with Gasteiger partial charge in [0.2, 0.25) is 0 Å². The number of nitrogens with one attached hydrogen (secondary N) is 2. The smallest absolute Gasteiger partial charge is 0.441 e. The third-order valence-corrected chi connectivity index (χ3v) is 5.80. The summed E-state index contributed by atoms with van der Waals surface area (Å²) >= 11 is 0.756. The van der Waals surface area contributed by atoms with Gasteiger partial charge in [-0.3, -0.25) is 4.79 Å². The third-order valence-electron chi connectivity index (χ3n) is 4.74. The first-order valence-corrected chi connectivity index (χ1v) is 10.6. The van der Waals surface area contributed by atoms with Gasteiger partial charge in [-0.05, 0) is 44.0 Å². The molecule has 0 aliphatic heterocycles. The number of nitrogens with zero attached hydrogens (tertiary/aromatic N) is 1. The Balaban J connectivity index is 2.64. The van der Waals surface area contributed by atoms with Crippen molar-refractivity contribution in [2.45, 2.75) is 45.2 Å². The lowest BCUT2D eigenvalue weighted by molar-refractivity contribution is -0.204. The summed E-state index contributed by atoms with van der Waals surface area (Å²) in [5.41, 5.74) is -5.64. The molecule has 0 saturated heterocycles. The van der Waals surface area contributed by atoms with Crippen LogP contribution in [0.15, 0.2) is 24.3 Å². The highest BCUT2D eigenvalue weighted by Gasteiger charge is 2.64. The Kier molecular flexibility index (Phi) is 7.87. The van der Waals surface area contributed by atoms with Crippen LogP contribution in [0.3, 0.4) is 0 Å². The van der Waals surface area contributed by atoms with Crippen molar-refractivity contribution in [2.24, 2.45) is 0 Å². The van der Waals surface area contributed by atoms with E-state index in [0.29, 0.717) is 29.0 Å². The van der Waals surface area contributed by atoms with Gasteiger partial charge in [-0.2, -0.15) is 31.6 Å². The fourth-order valence-corrected chi connectivity index (χ4v) is 4.24. The topological polar surface area (TPSA) is 91.2 Å². The minimum absolute atomic E-state index is 0.156. The van der Waals surface area contributed by atoms with Crippen molar-refractivity contribution in [2.75, 3.05) is 11.9 Å². The van der Waals surface area contributed by atoms with E-state index in [4.69, 9.17) is 0 Å². The van der Waals surface area contributed by atoms with E-state index in [2.05, 4.69) is 4.74 Å². The summed E-state index contributed by atoms with van der Waals surface area (Å²) in [4.78, 5) is 25.8. The summed E-state index contributed by atoms with van der Waals surface area (Å²) in [7, 11) is 0. The van der Waals surface area contributed by atoms with E-state index in [-0.39, 0.29) is 10.6 Å². The molecular formula is C21H19F6N3O3S. The third kappa shape index (κ3) is 5.27. The van der Waals surface area contributed by atoms with E-state index < -0.39 is 47.6 Å². The molecule has 2 rings (SSSR count). The number of halogens is 6. The Morgan fingerprint density at radius 2 is 1.79 bits per heavy atom. The molecule has 1 aromatic carbocycles. The van der Waals surface area contributed by atoms with Gasteiger partial charge in [-0.1, -0.05) is 13.0 Å². The van der Waals surface area contributed by atoms with Crippen LogP contribution in [-0.2, 0) is 22.1 Å². The summed E-state index contributed by atoms with van der Waals surface area (Å²) in [6, 6.07) is 4.48. The van der Waals surface area contributed by atoms with Crippen LogP contribution < -0.4 is 10.6 Å². The largest absolute Gasteiger partial charge is 0.463 e. The molecular weight excluding hydrogens is 488 g/mol. The standard InChI is InChI=1S/C21H19F6N3O3S/c1-4-14-11(3)34-17(15(14)10-28)30-19(21(25,26)27,18(32)33-5-2)29-16(31)12-7-6-8-13(9-12)20(22,23)24/h6-9,30H,4-5H2,1-3H3,(H,29,31)/t19-/m0/s1. The second-order valence-corrected chi connectivity index (χ2v) is 8.16. The van der Waals surface area contributed by atoms with E-state index in [9.17, 15) is 41.2 Å². The first-order chi connectivity index (χ1) is 15.7. The minimum Gasteiger partial charge on any atom is -0.463 e. The van der Waals surface area contributed by atoms with Gasteiger partial charge in [0.1, 0.15) is 11.1 Å². The molecule has 1 atom stereocenters. The molecule has 13 heteroatoms. The maximum absolute atomic E-state index is 14.4. The lowest BCUT2D eigenvalue weighted by Gasteiger charge is -2.35. The number of anilines is 1. The van der Waals surface area contributed by atoms with Gasteiger partial charge in [-0.25, -0.2) is 4.79 Å². The van der Waals surface area contributed by atoms with Gasteiger partial charge in [0, 0.05) is 10.4 Å². The van der Waals surface area contributed by atoms with Crippen molar-refractivity contribution < 1.29 is 40.7 Å². The predicted molar refractivity (Wildman–Crippen MR) is 111 cm³/mol. The molecule has 1 heterocycles. The molecule has 6 nitrogen and oxygen atoms in total. The summed E-state index contributed by atoms with van der Waals surface area (Å²) in [6.07, 6.45) is -10.1. The Morgan fingerprint density at radius 3 is 2.29 bits per heavy atom. The molecule has 1 amide bonds. The number of esters is 1. The molecule has 0 unspecified atom stereocenters. The first kappa shape index (κ1) is 27.0. The number of carbonyl (C=O) groups is 2. The molecule has 2 aromatic rings. The van der Waals surface area contributed by atoms with Gasteiger partial charge in [0.05, 0.1) is 17.7 Å². The molecule has 184 valence electrons. The van der Waals surface area contributed by atoms with Crippen LogP contribution >= 0.6 is 11.3 Å². The van der Waals surface area contributed by atoms with E-state index in [1.165, 1.54) is 12.2 Å². The summed E-state index contributed by atoms with van der Waals surface area (Å²) in [5, 5.41) is 12.5. The summed E-state index contributed by atoms with van der Waals surface area (Å²) in [6.45, 7) is 3.99. The lowest BCUT2D eigenvalue weighted by Crippen LogP contribution is -2.69. The Hall–Kier alpha value is -3.27. The van der Waals surface area contributed by atoms with Gasteiger partial charge >= 0.3 is 24.0 Å². The second-order valence-electron chi connectivity index (χ2n) is 6.93. The number of hydrogen-bond acceptors (Lipinski definition) is 6. The highest BCUT2D eigenvalue weighted by molar-refractivity contribution is 7.16. The zero-order chi connectivity index (χ0) is 25.9. The number of thiophene rings is 1. The van der Waals surface area contributed by atoms with Crippen LogP contribution in [0.5, 0.6) is 0 Å². The minimum atomic E-state index is -5.52. The number of hydrogen-bond donors (Lipinski definition) is 2. The quantitative estimate of drug-likeness (QED) is 0.307. The number of alkyl halides is 6. The van der Waals surface area contributed by atoms with Crippen molar-refractivity contribution in [3.05, 3.63) is 51.4 Å². The van der Waals surface area contributed by atoms with E-state index in [1.54, 1.807) is 19.9 Å². The number of aryl methyl sites for hydroxylation is 1. The average molecular weight is 507 g/mol. The SMILES string of the molecule is CCOC(=O)[C@](NC(=O)c1cccc(C(F)(F)F)c1)(Nc1sc(C)c(CC)c1C#N)C(F)(F)F. The van der Waals surface area contributed by atoms with Crippen molar-refractivity contribution >= 4 is 28.2 Å². The lowest BCUT2D eigenvalue weighted by atomic mass is 10.1. The number of amides is 1. The second kappa shape index (κ2) is 9.92. The van der Waals surface area contributed by atoms with Gasteiger partial charge in [0.25, 0.3) is 5.91 Å². The normalized spacial score (nSPS) is 13.5. The molecule has 1 aromatic heterocycles. The average Bonchev–Trinajstić information content (AvgIpc) is 3.05. The van der Waals surface area contributed by atoms with Gasteiger partial charge in [-0.15, -0.1) is 11.3 Å². The zero-order valence-corrected chi connectivity index (χ0v) is 18.9. The van der Waals surface area contributed by atoms with Crippen molar-refractivity contribution in [1.82, 2.24) is 5.32 Å². The van der Waals surface area contributed by atoms with E-state index in [0.717, 1.165) is 23.5 Å². The number of ether oxygens (including phenoxy) is 1. The van der Waals surface area contributed by atoms with Crippen LogP contribution in [0.4, 0.5) is 31.3 Å². The van der Waals surface area contributed by atoms with Crippen LogP contribution in [0.2, 0.25) is 0 Å². The van der Waals surface area contributed by atoms with Crippen LogP contribution in [0.25, 0.3) is 0 Å². The van der Waals surface area contributed by atoms with Crippen LogP contribution in [0, 0.1) is 18.3 Å². The van der Waals surface area contributed by atoms with Crippen molar-refractivity contribution in [3.8, 4) is 6.07 Å².